The number of urea groups is 1. The van der Waals surface area contributed by atoms with Crippen LogP contribution in [0.5, 0.6) is 0 Å². The zero-order valence-corrected chi connectivity index (χ0v) is 13.5. The van der Waals surface area contributed by atoms with E-state index in [9.17, 15) is 4.79 Å². The van der Waals surface area contributed by atoms with Gasteiger partial charge >= 0.3 is 6.03 Å². The van der Waals surface area contributed by atoms with Crippen LogP contribution in [0.1, 0.15) is 23.3 Å². The Balaban J connectivity index is 1.85. The second-order valence-corrected chi connectivity index (χ2v) is 5.32. The highest BCUT2D eigenvalue weighted by Crippen LogP contribution is 2.20. The van der Waals surface area contributed by atoms with E-state index in [2.05, 4.69) is 25.8 Å². The molecule has 1 atom stereocenters. The fourth-order valence-corrected chi connectivity index (χ4v) is 2.34. The number of carbonyl (C=O) groups excluding carboxylic acids is 1. The van der Waals surface area contributed by atoms with Gasteiger partial charge < -0.3 is 9.88 Å². The molecule has 3 rings (SSSR count). The molecule has 7 nitrogen and oxygen atoms in total. The Labute approximate surface area is 139 Å². The van der Waals surface area contributed by atoms with Crippen LogP contribution >= 0.6 is 0 Å². The minimum atomic E-state index is -0.416. The highest BCUT2D eigenvalue weighted by Gasteiger charge is 2.22. The maximum atomic E-state index is 12.4. The molecule has 3 aromatic rings. The number of amides is 2. The first-order valence-electron chi connectivity index (χ1n) is 7.54. The van der Waals surface area contributed by atoms with Crippen LogP contribution in [0.15, 0.2) is 54.7 Å². The number of rotatable bonds is 4. The number of hydrogen-bond donors (Lipinski definition) is 2. The molecule has 0 unspecified atom stereocenters. The molecule has 0 spiro atoms. The lowest BCUT2D eigenvalue weighted by Gasteiger charge is -2.19. The molecule has 2 aromatic heterocycles. The first-order valence-corrected chi connectivity index (χ1v) is 7.54. The molecule has 0 aliphatic heterocycles. The quantitative estimate of drug-likeness (QED) is 0.772. The zero-order chi connectivity index (χ0) is 16.9. The fourth-order valence-electron chi connectivity index (χ4n) is 2.34. The highest BCUT2D eigenvalue weighted by atomic mass is 16.2. The lowest BCUT2D eigenvalue weighted by Crippen LogP contribution is -2.34. The zero-order valence-electron chi connectivity index (χ0n) is 13.5. The molecule has 0 fully saturated rings. The molecule has 0 saturated heterocycles. The molecule has 122 valence electrons. The number of pyridine rings is 1. The monoisotopic (exact) mass is 322 g/mol. The van der Waals surface area contributed by atoms with Gasteiger partial charge in [0.2, 0.25) is 0 Å². The third-order valence-corrected chi connectivity index (χ3v) is 3.70. The second-order valence-electron chi connectivity index (χ2n) is 5.32. The summed E-state index contributed by atoms with van der Waals surface area (Å²) in [5.41, 5.74) is 0.921. The normalized spacial score (nSPS) is 11.8. The Hall–Kier alpha value is -3.22. The van der Waals surface area contributed by atoms with E-state index in [1.165, 1.54) is 0 Å². The Bertz CT molecular complexity index is 816. The minimum absolute atomic E-state index is 0.358. The van der Waals surface area contributed by atoms with Crippen molar-refractivity contribution in [3.63, 3.8) is 0 Å². The fraction of sp³-hybridized carbons (Fsp3) is 0.176. The van der Waals surface area contributed by atoms with Crippen molar-refractivity contribution >= 4 is 11.8 Å². The summed E-state index contributed by atoms with van der Waals surface area (Å²) in [7, 11) is 1.87. The number of hydrogen-bond acceptors (Lipinski definition) is 4. The first kappa shape index (κ1) is 15.7. The van der Waals surface area contributed by atoms with Gasteiger partial charge in [-0.2, -0.15) is 0 Å². The summed E-state index contributed by atoms with van der Waals surface area (Å²) in [5, 5.41) is 13.9. The topological polar surface area (TPSA) is 84.7 Å². The number of nitrogens with one attached hydrogen (secondary N) is 2. The molecule has 2 amide bonds. The molecule has 24 heavy (non-hydrogen) atoms. The van der Waals surface area contributed by atoms with E-state index < -0.39 is 6.04 Å². The molecule has 0 radical (unpaired) electrons. The molecule has 0 bridgehead atoms. The van der Waals surface area contributed by atoms with Crippen molar-refractivity contribution in [1.82, 2.24) is 25.1 Å². The van der Waals surface area contributed by atoms with E-state index >= 15 is 0 Å². The van der Waals surface area contributed by atoms with Gasteiger partial charge in [-0.1, -0.05) is 36.4 Å². The van der Waals surface area contributed by atoms with Gasteiger partial charge in [0.1, 0.15) is 17.7 Å². The van der Waals surface area contributed by atoms with Crippen molar-refractivity contribution in [1.29, 1.82) is 0 Å². The van der Waals surface area contributed by atoms with Gasteiger partial charge in [-0.15, -0.1) is 10.2 Å². The molecule has 2 N–H and O–H groups in total. The maximum Gasteiger partial charge on any atom is 0.321 e. The summed E-state index contributed by atoms with van der Waals surface area (Å²) in [6, 6.07) is 14.2. The maximum absolute atomic E-state index is 12.4. The molecular formula is C17H18N6O. The summed E-state index contributed by atoms with van der Waals surface area (Å²) in [5.74, 6) is 1.92. The van der Waals surface area contributed by atoms with Crippen LogP contribution in [0.4, 0.5) is 10.6 Å². The first-order chi connectivity index (χ1) is 11.6. The Morgan fingerprint density at radius 1 is 1.08 bits per heavy atom. The number of benzene rings is 1. The lowest BCUT2D eigenvalue weighted by molar-refractivity contribution is 0.249. The van der Waals surface area contributed by atoms with E-state index in [0.717, 1.165) is 11.4 Å². The summed E-state index contributed by atoms with van der Waals surface area (Å²) in [6.07, 6.45) is 1.62. The minimum Gasteiger partial charge on any atom is -0.324 e. The van der Waals surface area contributed by atoms with Crippen LogP contribution in [-0.2, 0) is 7.05 Å². The van der Waals surface area contributed by atoms with E-state index in [-0.39, 0.29) is 6.03 Å². The van der Waals surface area contributed by atoms with Crippen LogP contribution < -0.4 is 10.6 Å². The van der Waals surface area contributed by atoms with Crippen molar-refractivity contribution < 1.29 is 4.79 Å². The van der Waals surface area contributed by atoms with Crippen molar-refractivity contribution in [2.24, 2.45) is 7.05 Å². The van der Waals surface area contributed by atoms with Gasteiger partial charge in [0.15, 0.2) is 5.82 Å². The number of nitrogens with zero attached hydrogens (tertiary/aromatic N) is 4. The summed E-state index contributed by atoms with van der Waals surface area (Å²) in [6.45, 7) is 1.87. The summed E-state index contributed by atoms with van der Waals surface area (Å²) in [4.78, 5) is 16.5. The Morgan fingerprint density at radius 3 is 2.46 bits per heavy atom. The molecule has 0 saturated carbocycles. The van der Waals surface area contributed by atoms with Crippen LogP contribution in [0.3, 0.4) is 0 Å². The molecule has 0 aliphatic rings. The standard InChI is InChI=1S/C17H18N6O/c1-12-21-22-16(23(12)2)15(13-8-4-3-5-9-13)20-17(24)19-14-10-6-7-11-18-14/h3-11,15H,1-2H3,(H2,18,19,20,24)/t15-/m0/s1. The number of aromatic nitrogens is 4. The van der Waals surface area contributed by atoms with Gasteiger partial charge in [0, 0.05) is 13.2 Å². The second kappa shape index (κ2) is 6.91. The summed E-state index contributed by atoms with van der Waals surface area (Å²) < 4.78 is 1.86. The molecule has 0 aliphatic carbocycles. The molecule has 2 heterocycles. The average molecular weight is 322 g/mol. The van der Waals surface area contributed by atoms with Gasteiger partial charge in [0.25, 0.3) is 0 Å². The van der Waals surface area contributed by atoms with Gasteiger partial charge in [-0.05, 0) is 24.6 Å². The third kappa shape index (κ3) is 3.40. The van der Waals surface area contributed by atoms with E-state index in [1.54, 1.807) is 18.3 Å². The van der Waals surface area contributed by atoms with Crippen molar-refractivity contribution in [3.05, 3.63) is 71.9 Å². The van der Waals surface area contributed by atoms with Gasteiger partial charge in [-0.3, -0.25) is 5.32 Å². The van der Waals surface area contributed by atoms with Crippen molar-refractivity contribution in [3.8, 4) is 0 Å². The number of carbonyl (C=O) groups is 1. The van der Waals surface area contributed by atoms with Crippen molar-refractivity contribution in [2.45, 2.75) is 13.0 Å². The SMILES string of the molecule is Cc1nnc([C@@H](NC(=O)Nc2ccccn2)c2ccccc2)n1C. The predicted octanol–water partition coefficient (Wildman–Crippen LogP) is 2.43. The highest BCUT2D eigenvalue weighted by molar-refractivity contribution is 5.88. The lowest BCUT2D eigenvalue weighted by atomic mass is 10.1. The van der Waals surface area contributed by atoms with Gasteiger partial charge in [-0.25, -0.2) is 9.78 Å². The van der Waals surface area contributed by atoms with E-state index in [4.69, 9.17) is 0 Å². The van der Waals surface area contributed by atoms with E-state index in [0.29, 0.717) is 11.6 Å². The molecule has 1 aromatic carbocycles. The Morgan fingerprint density at radius 2 is 1.83 bits per heavy atom. The smallest absolute Gasteiger partial charge is 0.321 e. The van der Waals surface area contributed by atoms with Gasteiger partial charge in [0.05, 0.1) is 0 Å². The van der Waals surface area contributed by atoms with Crippen LogP contribution in [-0.4, -0.2) is 25.8 Å². The van der Waals surface area contributed by atoms with E-state index in [1.807, 2.05) is 54.9 Å². The molecule has 7 heteroatoms. The molecular weight excluding hydrogens is 304 g/mol. The predicted molar refractivity (Wildman–Crippen MR) is 90.4 cm³/mol. The number of aryl methyl sites for hydroxylation is 1. The van der Waals surface area contributed by atoms with Crippen LogP contribution in [0.25, 0.3) is 0 Å². The van der Waals surface area contributed by atoms with Crippen LogP contribution in [0.2, 0.25) is 0 Å². The van der Waals surface area contributed by atoms with Crippen LogP contribution in [0, 0.1) is 6.92 Å². The average Bonchev–Trinajstić information content (AvgIpc) is 2.94. The largest absolute Gasteiger partial charge is 0.324 e. The van der Waals surface area contributed by atoms with Crippen molar-refractivity contribution in [2.75, 3.05) is 5.32 Å². The Kier molecular flexibility index (Phi) is 4.51. The number of anilines is 1. The third-order valence-electron chi connectivity index (χ3n) is 3.70. The summed E-state index contributed by atoms with van der Waals surface area (Å²) >= 11 is 0.